The molecule has 0 spiro atoms. The van der Waals surface area contributed by atoms with Crippen LogP contribution in [-0.2, 0) is 6.42 Å². The van der Waals surface area contributed by atoms with E-state index in [1.54, 1.807) is 0 Å². The standard InChI is InChI=1S/C11H14ClN/c12-11-6-2-1-4-9(11)8-10-5-3-7-13-10/h1-2,4,6,10,13H,3,5,7-8H2/t10-/m1/s1. The van der Waals surface area contributed by atoms with Gasteiger partial charge in [0, 0.05) is 11.1 Å². The molecule has 1 aromatic carbocycles. The number of hydrogen-bond donors (Lipinski definition) is 1. The molecule has 1 atom stereocenters. The minimum Gasteiger partial charge on any atom is -0.314 e. The Labute approximate surface area is 84.1 Å². The van der Waals surface area contributed by atoms with Gasteiger partial charge >= 0.3 is 0 Å². The highest BCUT2D eigenvalue weighted by molar-refractivity contribution is 6.31. The second kappa shape index (κ2) is 4.12. The van der Waals surface area contributed by atoms with Gasteiger partial charge in [0.1, 0.15) is 0 Å². The maximum absolute atomic E-state index is 6.07. The van der Waals surface area contributed by atoms with Gasteiger partial charge in [-0.25, -0.2) is 0 Å². The summed E-state index contributed by atoms with van der Waals surface area (Å²) in [5.41, 5.74) is 1.27. The van der Waals surface area contributed by atoms with E-state index in [1.807, 2.05) is 12.1 Å². The molecule has 0 aromatic heterocycles. The lowest BCUT2D eigenvalue weighted by atomic mass is 10.0. The van der Waals surface area contributed by atoms with E-state index in [9.17, 15) is 0 Å². The van der Waals surface area contributed by atoms with Crippen LogP contribution >= 0.6 is 11.6 Å². The SMILES string of the molecule is Clc1ccccc1C[C@H]1CCCN1. The van der Waals surface area contributed by atoms with Crippen molar-refractivity contribution in [2.24, 2.45) is 0 Å². The van der Waals surface area contributed by atoms with Crippen LogP contribution in [0.15, 0.2) is 24.3 Å². The van der Waals surface area contributed by atoms with Gasteiger partial charge in [0.25, 0.3) is 0 Å². The molecule has 1 aliphatic heterocycles. The summed E-state index contributed by atoms with van der Waals surface area (Å²) in [6.07, 6.45) is 3.65. The largest absolute Gasteiger partial charge is 0.314 e. The molecular weight excluding hydrogens is 182 g/mol. The molecule has 0 unspecified atom stereocenters. The van der Waals surface area contributed by atoms with E-state index in [-0.39, 0.29) is 0 Å². The van der Waals surface area contributed by atoms with Crippen LogP contribution in [0.2, 0.25) is 5.02 Å². The first-order chi connectivity index (χ1) is 6.36. The quantitative estimate of drug-likeness (QED) is 0.765. The molecule has 1 N–H and O–H groups in total. The zero-order chi connectivity index (χ0) is 9.10. The lowest BCUT2D eigenvalue weighted by Crippen LogP contribution is -2.23. The third-order valence-electron chi connectivity index (χ3n) is 2.59. The summed E-state index contributed by atoms with van der Waals surface area (Å²) in [5, 5.41) is 4.37. The number of rotatable bonds is 2. The van der Waals surface area contributed by atoms with Gasteiger partial charge in [-0.05, 0) is 37.4 Å². The molecule has 0 bridgehead atoms. The minimum atomic E-state index is 0.639. The highest BCUT2D eigenvalue weighted by Crippen LogP contribution is 2.19. The summed E-state index contributed by atoms with van der Waals surface area (Å²) in [5.74, 6) is 0. The van der Waals surface area contributed by atoms with E-state index < -0.39 is 0 Å². The Morgan fingerprint density at radius 3 is 2.92 bits per heavy atom. The number of hydrogen-bond acceptors (Lipinski definition) is 1. The monoisotopic (exact) mass is 195 g/mol. The number of nitrogens with one attached hydrogen (secondary N) is 1. The average Bonchev–Trinajstić information content (AvgIpc) is 2.61. The second-order valence-electron chi connectivity index (χ2n) is 3.59. The first-order valence-electron chi connectivity index (χ1n) is 4.83. The zero-order valence-corrected chi connectivity index (χ0v) is 8.35. The molecule has 0 saturated carbocycles. The van der Waals surface area contributed by atoms with Crippen LogP contribution in [0.1, 0.15) is 18.4 Å². The molecule has 13 heavy (non-hydrogen) atoms. The molecule has 1 heterocycles. The number of benzene rings is 1. The Morgan fingerprint density at radius 1 is 1.38 bits per heavy atom. The van der Waals surface area contributed by atoms with Gasteiger partial charge in [-0.1, -0.05) is 29.8 Å². The normalized spacial score (nSPS) is 22.1. The van der Waals surface area contributed by atoms with E-state index in [4.69, 9.17) is 11.6 Å². The Bertz CT molecular complexity index is 279. The molecule has 1 aliphatic rings. The topological polar surface area (TPSA) is 12.0 Å². The van der Waals surface area contributed by atoms with Crippen molar-refractivity contribution in [1.29, 1.82) is 0 Å². The fraction of sp³-hybridized carbons (Fsp3) is 0.455. The van der Waals surface area contributed by atoms with Gasteiger partial charge in [-0.3, -0.25) is 0 Å². The summed E-state index contributed by atoms with van der Waals surface area (Å²) >= 11 is 6.07. The van der Waals surface area contributed by atoms with Gasteiger partial charge in [-0.2, -0.15) is 0 Å². The molecule has 1 fully saturated rings. The van der Waals surface area contributed by atoms with Crippen LogP contribution < -0.4 is 5.32 Å². The molecule has 70 valence electrons. The van der Waals surface area contributed by atoms with Gasteiger partial charge in [0.05, 0.1) is 0 Å². The first-order valence-corrected chi connectivity index (χ1v) is 5.21. The molecule has 0 radical (unpaired) electrons. The third kappa shape index (κ3) is 2.23. The van der Waals surface area contributed by atoms with Crippen molar-refractivity contribution < 1.29 is 0 Å². The molecule has 2 heteroatoms. The Kier molecular flexibility index (Phi) is 2.87. The minimum absolute atomic E-state index is 0.639. The van der Waals surface area contributed by atoms with E-state index in [0.717, 1.165) is 18.0 Å². The van der Waals surface area contributed by atoms with E-state index >= 15 is 0 Å². The molecule has 1 aromatic rings. The predicted octanol–water partition coefficient (Wildman–Crippen LogP) is 2.63. The zero-order valence-electron chi connectivity index (χ0n) is 7.59. The van der Waals surface area contributed by atoms with Gasteiger partial charge in [-0.15, -0.1) is 0 Å². The molecule has 1 saturated heterocycles. The summed E-state index contributed by atoms with van der Waals surface area (Å²) in [6.45, 7) is 1.16. The fourth-order valence-corrected chi connectivity index (χ4v) is 2.07. The van der Waals surface area contributed by atoms with Crippen LogP contribution in [0.5, 0.6) is 0 Å². The van der Waals surface area contributed by atoms with Crippen LogP contribution in [0, 0.1) is 0 Å². The highest BCUT2D eigenvalue weighted by atomic mass is 35.5. The summed E-state index contributed by atoms with van der Waals surface area (Å²) in [7, 11) is 0. The molecule has 0 aliphatic carbocycles. The van der Waals surface area contributed by atoms with Crippen molar-refractivity contribution in [3.63, 3.8) is 0 Å². The molecule has 2 rings (SSSR count). The van der Waals surface area contributed by atoms with Gasteiger partial charge < -0.3 is 5.32 Å². The predicted molar refractivity (Wildman–Crippen MR) is 56.2 cm³/mol. The number of halogens is 1. The van der Waals surface area contributed by atoms with E-state index in [0.29, 0.717) is 6.04 Å². The molecule has 1 nitrogen and oxygen atoms in total. The second-order valence-corrected chi connectivity index (χ2v) is 4.00. The van der Waals surface area contributed by atoms with Crippen LogP contribution in [0.3, 0.4) is 0 Å². The summed E-state index contributed by atoms with van der Waals surface area (Å²) in [4.78, 5) is 0. The van der Waals surface area contributed by atoms with Gasteiger partial charge in [0.2, 0.25) is 0 Å². The van der Waals surface area contributed by atoms with Crippen LogP contribution in [0.25, 0.3) is 0 Å². The first kappa shape index (κ1) is 9.04. The average molecular weight is 196 g/mol. The maximum Gasteiger partial charge on any atom is 0.0438 e. The maximum atomic E-state index is 6.07. The lowest BCUT2D eigenvalue weighted by Gasteiger charge is -2.10. The van der Waals surface area contributed by atoms with Crippen molar-refractivity contribution in [3.8, 4) is 0 Å². The van der Waals surface area contributed by atoms with Crippen molar-refractivity contribution >= 4 is 11.6 Å². The Balaban J connectivity index is 2.04. The van der Waals surface area contributed by atoms with Crippen LogP contribution in [0.4, 0.5) is 0 Å². The molecule has 0 amide bonds. The summed E-state index contributed by atoms with van der Waals surface area (Å²) < 4.78 is 0. The van der Waals surface area contributed by atoms with Gasteiger partial charge in [0.15, 0.2) is 0 Å². The molecular formula is C11H14ClN. The Hall–Kier alpha value is -0.530. The smallest absolute Gasteiger partial charge is 0.0438 e. The Morgan fingerprint density at radius 2 is 2.23 bits per heavy atom. The van der Waals surface area contributed by atoms with Crippen molar-refractivity contribution in [1.82, 2.24) is 5.32 Å². The van der Waals surface area contributed by atoms with Crippen molar-refractivity contribution in [2.75, 3.05) is 6.54 Å². The van der Waals surface area contributed by atoms with Crippen molar-refractivity contribution in [3.05, 3.63) is 34.9 Å². The third-order valence-corrected chi connectivity index (χ3v) is 2.96. The van der Waals surface area contributed by atoms with E-state index in [2.05, 4.69) is 17.4 Å². The summed E-state index contributed by atoms with van der Waals surface area (Å²) in [6, 6.07) is 8.75. The van der Waals surface area contributed by atoms with E-state index in [1.165, 1.54) is 18.4 Å². The lowest BCUT2D eigenvalue weighted by molar-refractivity contribution is 0.603. The van der Waals surface area contributed by atoms with Crippen LogP contribution in [-0.4, -0.2) is 12.6 Å². The highest BCUT2D eigenvalue weighted by Gasteiger charge is 2.15. The van der Waals surface area contributed by atoms with Crippen molar-refractivity contribution in [2.45, 2.75) is 25.3 Å². The fourth-order valence-electron chi connectivity index (χ4n) is 1.86.